The van der Waals surface area contributed by atoms with Crippen molar-refractivity contribution < 1.29 is 4.39 Å². The Hall–Kier alpha value is -1.23. The topological polar surface area (TPSA) is 30.7 Å². The third-order valence-corrected chi connectivity index (χ3v) is 2.38. The molecule has 0 unspecified atom stereocenters. The van der Waals surface area contributed by atoms with Crippen LogP contribution in [0.15, 0.2) is 29.0 Å². The fraction of sp³-hybridized carbons (Fsp3) is 0.111. The molecule has 5 heteroatoms. The van der Waals surface area contributed by atoms with Crippen molar-refractivity contribution in [1.29, 1.82) is 0 Å². The molecule has 2 rings (SSSR count). The zero-order chi connectivity index (χ0) is 10.1. The predicted molar refractivity (Wildman–Crippen MR) is 54.1 cm³/mol. The number of hydrogen-bond donors (Lipinski definition) is 0. The van der Waals surface area contributed by atoms with Gasteiger partial charge in [-0.15, -0.1) is 10.2 Å². The summed E-state index contributed by atoms with van der Waals surface area (Å²) in [6.45, 7) is 0. The molecule has 0 aliphatic carbocycles. The zero-order valence-electron chi connectivity index (χ0n) is 7.41. The zero-order valence-corrected chi connectivity index (χ0v) is 8.99. The lowest BCUT2D eigenvalue weighted by molar-refractivity contribution is 0.628. The largest absolute Gasteiger partial charge is 0.317 e. The number of hydrogen-bond acceptors (Lipinski definition) is 2. The molecule has 0 N–H and O–H groups in total. The second-order valence-corrected chi connectivity index (χ2v) is 3.81. The summed E-state index contributed by atoms with van der Waals surface area (Å²) in [5.74, 6) is 0.213. The SMILES string of the molecule is Cn1cnnc1-c1ccc(Br)cc1F. The van der Waals surface area contributed by atoms with Gasteiger partial charge in [-0.25, -0.2) is 4.39 Å². The van der Waals surface area contributed by atoms with Crippen molar-refractivity contribution in [1.82, 2.24) is 14.8 Å². The molecule has 0 bridgehead atoms. The first-order valence-electron chi connectivity index (χ1n) is 3.98. The van der Waals surface area contributed by atoms with E-state index in [9.17, 15) is 4.39 Å². The van der Waals surface area contributed by atoms with Crippen LogP contribution in [-0.2, 0) is 7.05 Å². The molecule has 0 amide bonds. The van der Waals surface area contributed by atoms with Crippen molar-refractivity contribution in [3.63, 3.8) is 0 Å². The van der Waals surface area contributed by atoms with E-state index in [2.05, 4.69) is 26.1 Å². The number of benzene rings is 1. The Morgan fingerprint density at radius 3 is 2.79 bits per heavy atom. The van der Waals surface area contributed by atoms with Gasteiger partial charge < -0.3 is 4.57 Å². The van der Waals surface area contributed by atoms with E-state index in [1.54, 1.807) is 23.7 Å². The Kier molecular flexibility index (Phi) is 2.33. The molecule has 2 aromatic rings. The summed E-state index contributed by atoms with van der Waals surface area (Å²) in [5.41, 5.74) is 0.452. The van der Waals surface area contributed by atoms with Crippen LogP contribution < -0.4 is 0 Å². The summed E-state index contributed by atoms with van der Waals surface area (Å²) in [5, 5.41) is 7.53. The lowest BCUT2D eigenvalue weighted by Gasteiger charge is -2.02. The van der Waals surface area contributed by atoms with Crippen molar-refractivity contribution in [2.24, 2.45) is 7.05 Å². The van der Waals surface area contributed by atoms with Crippen LogP contribution in [0.4, 0.5) is 4.39 Å². The minimum Gasteiger partial charge on any atom is -0.317 e. The highest BCUT2D eigenvalue weighted by molar-refractivity contribution is 9.10. The number of nitrogens with zero attached hydrogens (tertiary/aromatic N) is 3. The monoisotopic (exact) mass is 255 g/mol. The lowest BCUT2D eigenvalue weighted by atomic mass is 10.2. The van der Waals surface area contributed by atoms with Gasteiger partial charge in [-0.3, -0.25) is 0 Å². The van der Waals surface area contributed by atoms with Crippen LogP contribution >= 0.6 is 15.9 Å². The van der Waals surface area contributed by atoms with Crippen molar-refractivity contribution in [2.75, 3.05) is 0 Å². The smallest absolute Gasteiger partial charge is 0.166 e. The quantitative estimate of drug-likeness (QED) is 0.784. The van der Waals surface area contributed by atoms with Gasteiger partial charge in [0.1, 0.15) is 12.1 Å². The van der Waals surface area contributed by atoms with Gasteiger partial charge in [-0.2, -0.15) is 0 Å². The first-order valence-corrected chi connectivity index (χ1v) is 4.77. The van der Waals surface area contributed by atoms with E-state index in [1.807, 2.05) is 0 Å². The van der Waals surface area contributed by atoms with E-state index in [4.69, 9.17) is 0 Å². The Morgan fingerprint density at radius 1 is 1.43 bits per heavy atom. The van der Waals surface area contributed by atoms with E-state index in [0.717, 1.165) is 0 Å². The molecule has 0 atom stereocenters. The normalized spacial score (nSPS) is 10.5. The molecule has 1 aromatic carbocycles. The van der Waals surface area contributed by atoms with E-state index < -0.39 is 0 Å². The van der Waals surface area contributed by atoms with Gasteiger partial charge in [0, 0.05) is 11.5 Å². The molecule has 1 aromatic heterocycles. The molecule has 0 aliphatic heterocycles. The Balaban J connectivity index is 2.58. The molecule has 0 radical (unpaired) electrons. The molecule has 0 spiro atoms. The summed E-state index contributed by atoms with van der Waals surface area (Å²) in [7, 11) is 1.77. The molecule has 0 saturated heterocycles. The van der Waals surface area contributed by atoms with Gasteiger partial charge in [-0.1, -0.05) is 15.9 Å². The van der Waals surface area contributed by atoms with Gasteiger partial charge in [0.15, 0.2) is 5.82 Å². The Labute approximate surface area is 88.7 Å². The van der Waals surface area contributed by atoms with Gasteiger partial charge in [0.2, 0.25) is 0 Å². The van der Waals surface area contributed by atoms with E-state index >= 15 is 0 Å². The Bertz CT molecular complexity index is 467. The number of halogens is 2. The van der Waals surface area contributed by atoms with Crippen LogP contribution in [0.25, 0.3) is 11.4 Å². The third-order valence-electron chi connectivity index (χ3n) is 1.88. The molecule has 72 valence electrons. The average Bonchev–Trinajstić information content (AvgIpc) is 2.52. The van der Waals surface area contributed by atoms with Crippen LogP contribution in [-0.4, -0.2) is 14.8 Å². The Morgan fingerprint density at radius 2 is 2.21 bits per heavy atom. The summed E-state index contributed by atoms with van der Waals surface area (Å²) in [6.07, 6.45) is 1.54. The fourth-order valence-corrected chi connectivity index (χ4v) is 1.53. The highest BCUT2D eigenvalue weighted by Crippen LogP contribution is 2.22. The maximum absolute atomic E-state index is 13.5. The molecule has 0 aliphatic rings. The molecular formula is C9H7BrFN3. The second-order valence-electron chi connectivity index (χ2n) is 2.89. The molecular weight excluding hydrogens is 249 g/mol. The molecule has 1 heterocycles. The average molecular weight is 256 g/mol. The minimum absolute atomic E-state index is 0.310. The maximum atomic E-state index is 13.5. The fourth-order valence-electron chi connectivity index (χ4n) is 1.20. The molecule has 0 fully saturated rings. The second kappa shape index (κ2) is 3.49. The molecule has 0 saturated carbocycles. The summed E-state index contributed by atoms with van der Waals surface area (Å²) in [4.78, 5) is 0. The number of aromatic nitrogens is 3. The molecule has 14 heavy (non-hydrogen) atoms. The maximum Gasteiger partial charge on any atom is 0.166 e. The van der Waals surface area contributed by atoms with Crippen molar-refractivity contribution in [2.45, 2.75) is 0 Å². The summed E-state index contributed by atoms with van der Waals surface area (Å²) >= 11 is 3.20. The van der Waals surface area contributed by atoms with E-state index in [0.29, 0.717) is 15.9 Å². The van der Waals surface area contributed by atoms with Gasteiger partial charge in [0.25, 0.3) is 0 Å². The lowest BCUT2D eigenvalue weighted by Crippen LogP contribution is -1.93. The first-order chi connectivity index (χ1) is 6.68. The highest BCUT2D eigenvalue weighted by Gasteiger charge is 2.09. The van der Waals surface area contributed by atoms with E-state index in [1.165, 1.54) is 12.4 Å². The summed E-state index contributed by atoms with van der Waals surface area (Å²) in [6, 6.07) is 4.85. The highest BCUT2D eigenvalue weighted by atomic mass is 79.9. The van der Waals surface area contributed by atoms with Crippen LogP contribution in [0.1, 0.15) is 0 Å². The van der Waals surface area contributed by atoms with Crippen molar-refractivity contribution >= 4 is 15.9 Å². The van der Waals surface area contributed by atoms with Gasteiger partial charge >= 0.3 is 0 Å². The number of rotatable bonds is 1. The van der Waals surface area contributed by atoms with Crippen molar-refractivity contribution in [3.8, 4) is 11.4 Å². The van der Waals surface area contributed by atoms with Gasteiger partial charge in [-0.05, 0) is 18.2 Å². The number of aryl methyl sites for hydroxylation is 1. The van der Waals surface area contributed by atoms with Crippen LogP contribution in [0.5, 0.6) is 0 Å². The minimum atomic E-state index is -0.310. The third kappa shape index (κ3) is 1.55. The van der Waals surface area contributed by atoms with Crippen LogP contribution in [0, 0.1) is 5.82 Å². The molecule has 3 nitrogen and oxygen atoms in total. The van der Waals surface area contributed by atoms with Crippen molar-refractivity contribution in [3.05, 3.63) is 34.8 Å². The first kappa shape index (κ1) is 9.33. The standard InChI is InChI=1S/C9H7BrFN3/c1-14-5-12-13-9(14)7-3-2-6(10)4-8(7)11/h2-5H,1H3. The van der Waals surface area contributed by atoms with E-state index in [-0.39, 0.29) is 5.82 Å². The van der Waals surface area contributed by atoms with Crippen LogP contribution in [0.2, 0.25) is 0 Å². The van der Waals surface area contributed by atoms with Crippen LogP contribution in [0.3, 0.4) is 0 Å². The van der Waals surface area contributed by atoms with Gasteiger partial charge in [0.05, 0.1) is 5.56 Å². The predicted octanol–water partition coefficient (Wildman–Crippen LogP) is 2.38. The summed E-state index contributed by atoms with van der Waals surface area (Å²) < 4.78 is 15.9.